The van der Waals surface area contributed by atoms with Crippen LogP contribution in [-0.4, -0.2) is 34.9 Å². The van der Waals surface area contributed by atoms with E-state index in [1.165, 1.54) is 22.6 Å². The summed E-state index contributed by atoms with van der Waals surface area (Å²) in [5.41, 5.74) is 2.58. The zero-order valence-corrected chi connectivity index (χ0v) is 23.8. The van der Waals surface area contributed by atoms with Crippen molar-refractivity contribution in [3.05, 3.63) is 87.2 Å². The van der Waals surface area contributed by atoms with Gasteiger partial charge in [-0.15, -0.1) is 11.8 Å². The van der Waals surface area contributed by atoms with Gasteiger partial charge in [0.2, 0.25) is 5.91 Å². The number of thioether (sulfide) groups is 1. The van der Waals surface area contributed by atoms with Gasteiger partial charge in [0.1, 0.15) is 0 Å². The number of nitrogens with zero attached hydrogens (tertiary/aromatic N) is 3. The third kappa shape index (κ3) is 4.95. The SMILES string of the molecule is CCSc1ccc2c(c1)CCN2CC(=O)Nc1cc(Cl)c(C2(c3noc(-c4cccc(F)c4F)n3)CC2)c(Cl)c1. The van der Waals surface area contributed by atoms with Gasteiger partial charge in [0, 0.05) is 38.4 Å². The van der Waals surface area contributed by atoms with Crippen molar-refractivity contribution in [3.8, 4) is 11.5 Å². The molecule has 206 valence electrons. The topological polar surface area (TPSA) is 71.3 Å². The molecule has 6 rings (SSSR count). The summed E-state index contributed by atoms with van der Waals surface area (Å²) in [4.78, 5) is 20.6. The third-order valence-electron chi connectivity index (χ3n) is 7.28. The fourth-order valence-corrected chi connectivity index (χ4v) is 6.82. The second-order valence-electron chi connectivity index (χ2n) is 9.86. The van der Waals surface area contributed by atoms with Crippen LogP contribution in [0.4, 0.5) is 20.2 Å². The van der Waals surface area contributed by atoms with E-state index in [-0.39, 0.29) is 23.9 Å². The highest BCUT2D eigenvalue weighted by molar-refractivity contribution is 7.99. The van der Waals surface area contributed by atoms with Crippen LogP contribution in [0.1, 0.15) is 36.7 Å². The molecule has 40 heavy (non-hydrogen) atoms. The minimum atomic E-state index is -1.06. The first-order valence-electron chi connectivity index (χ1n) is 12.9. The second-order valence-corrected chi connectivity index (χ2v) is 12.0. The zero-order chi connectivity index (χ0) is 28.0. The lowest BCUT2D eigenvalue weighted by Gasteiger charge is -2.20. The summed E-state index contributed by atoms with van der Waals surface area (Å²) in [6.07, 6.45) is 2.20. The molecule has 1 aromatic heterocycles. The van der Waals surface area contributed by atoms with E-state index >= 15 is 0 Å². The van der Waals surface area contributed by atoms with Crippen LogP contribution in [-0.2, 0) is 16.6 Å². The molecular formula is C29H24Cl2F2N4O2S. The summed E-state index contributed by atoms with van der Waals surface area (Å²) in [5.74, 6) is -1.06. The predicted molar refractivity (Wildman–Crippen MR) is 154 cm³/mol. The molecule has 0 radical (unpaired) electrons. The van der Waals surface area contributed by atoms with Gasteiger partial charge in [-0.1, -0.05) is 41.3 Å². The van der Waals surface area contributed by atoms with Crippen molar-refractivity contribution in [1.82, 2.24) is 10.1 Å². The van der Waals surface area contributed by atoms with Crippen LogP contribution in [0, 0.1) is 11.6 Å². The van der Waals surface area contributed by atoms with Crippen LogP contribution in [0.5, 0.6) is 0 Å². The summed E-state index contributed by atoms with van der Waals surface area (Å²) in [5, 5.41) is 7.64. The second kappa shape index (κ2) is 10.7. The average Bonchev–Trinajstić information content (AvgIpc) is 3.36. The summed E-state index contributed by atoms with van der Waals surface area (Å²) in [7, 11) is 0. The van der Waals surface area contributed by atoms with Gasteiger partial charge in [-0.2, -0.15) is 4.98 Å². The van der Waals surface area contributed by atoms with Crippen LogP contribution in [0.3, 0.4) is 0 Å². The van der Waals surface area contributed by atoms with Crippen molar-refractivity contribution in [2.24, 2.45) is 0 Å². The first kappa shape index (κ1) is 27.1. The lowest BCUT2D eigenvalue weighted by Crippen LogP contribution is -2.31. The van der Waals surface area contributed by atoms with Gasteiger partial charge < -0.3 is 14.7 Å². The number of benzene rings is 3. The van der Waals surface area contributed by atoms with Gasteiger partial charge in [0.15, 0.2) is 17.5 Å². The molecule has 0 bridgehead atoms. The molecule has 6 nitrogen and oxygen atoms in total. The molecule has 1 saturated carbocycles. The quantitative estimate of drug-likeness (QED) is 0.211. The summed E-state index contributed by atoms with van der Waals surface area (Å²) >= 11 is 15.2. The third-order valence-corrected chi connectivity index (χ3v) is 8.75. The molecule has 3 aromatic carbocycles. The number of amides is 1. The zero-order valence-electron chi connectivity index (χ0n) is 21.4. The minimum absolute atomic E-state index is 0.120. The molecule has 0 atom stereocenters. The van der Waals surface area contributed by atoms with Crippen molar-refractivity contribution in [2.75, 3.05) is 29.1 Å². The van der Waals surface area contributed by atoms with E-state index < -0.39 is 17.0 Å². The van der Waals surface area contributed by atoms with Crippen molar-refractivity contribution in [2.45, 2.75) is 36.5 Å². The number of fused-ring (bicyclic) bond motifs is 1. The Labute approximate surface area is 244 Å². The molecule has 1 aliphatic carbocycles. The number of carbonyl (C=O) groups excluding carboxylic acids is 1. The van der Waals surface area contributed by atoms with E-state index in [4.69, 9.17) is 27.7 Å². The van der Waals surface area contributed by atoms with Crippen molar-refractivity contribution < 1.29 is 18.1 Å². The molecule has 0 saturated heterocycles. The number of hydrogen-bond donors (Lipinski definition) is 1. The van der Waals surface area contributed by atoms with E-state index in [1.807, 2.05) is 0 Å². The molecular weight excluding hydrogens is 577 g/mol. The first-order valence-corrected chi connectivity index (χ1v) is 14.6. The minimum Gasteiger partial charge on any atom is -0.362 e. The van der Waals surface area contributed by atoms with Crippen molar-refractivity contribution in [1.29, 1.82) is 0 Å². The Morgan fingerprint density at radius 1 is 1.15 bits per heavy atom. The Balaban J connectivity index is 1.18. The molecule has 11 heteroatoms. The van der Waals surface area contributed by atoms with E-state index in [0.29, 0.717) is 40.0 Å². The standard InChI is InChI=1S/C29H24Cl2F2N4O2S/c1-2-40-18-6-7-23-16(12-18)8-11-37(23)15-24(38)34-17-13-20(30)25(21(31)14-17)29(9-10-29)28-35-27(39-36-28)19-4-3-5-22(32)26(19)33/h3-7,12-14H,2,8-11,15H2,1H3,(H,34,38). The number of rotatable bonds is 8. The highest BCUT2D eigenvalue weighted by Gasteiger charge is 2.52. The summed E-state index contributed by atoms with van der Waals surface area (Å²) < 4.78 is 33.3. The molecule has 0 spiro atoms. The van der Waals surface area contributed by atoms with E-state index in [2.05, 4.69) is 45.5 Å². The molecule has 4 aromatic rings. The maximum atomic E-state index is 14.3. The van der Waals surface area contributed by atoms with E-state index in [0.717, 1.165) is 30.5 Å². The highest BCUT2D eigenvalue weighted by atomic mass is 35.5. The Morgan fingerprint density at radius 2 is 1.93 bits per heavy atom. The van der Waals surface area contributed by atoms with Crippen molar-refractivity contribution in [3.63, 3.8) is 0 Å². The first-order chi connectivity index (χ1) is 19.3. The summed E-state index contributed by atoms with van der Waals surface area (Å²) in [6, 6.07) is 13.4. The Kier molecular flexibility index (Phi) is 7.23. The normalized spacial score (nSPS) is 15.3. The maximum absolute atomic E-state index is 14.3. The van der Waals surface area contributed by atoms with E-state index in [1.54, 1.807) is 23.9 Å². The number of nitrogens with one attached hydrogen (secondary N) is 1. The van der Waals surface area contributed by atoms with Gasteiger partial charge in [0.05, 0.1) is 17.5 Å². The lowest BCUT2D eigenvalue weighted by molar-refractivity contribution is -0.115. The van der Waals surface area contributed by atoms with Gasteiger partial charge >= 0.3 is 0 Å². The highest BCUT2D eigenvalue weighted by Crippen LogP contribution is 2.57. The fraction of sp³-hybridized carbons (Fsp3) is 0.276. The van der Waals surface area contributed by atoms with Gasteiger partial charge in [0.25, 0.3) is 5.89 Å². The summed E-state index contributed by atoms with van der Waals surface area (Å²) in [6.45, 7) is 3.11. The van der Waals surface area contributed by atoms with E-state index in [9.17, 15) is 13.6 Å². The number of halogens is 4. The number of anilines is 2. The molecule has 2 aliphatic rings. The van der Waals surface area contributed by atoms with Crippen LogP contribution in [0.15, 0.2) is 57.9 Å². The Bertz CT molecular complexity index is 1600. The van der Waals surface area contributed by atoms with Crippen LogP contribution < -0.4 is 10.2 Å². The van der Waals surface area contributed by atoms with Crippen LogP contribution in [0.25, 0.3) is 11.5 Å². The largest absolute Gasteiger partial charge is 0.362 e. The van der Waals surface area contributed by atoms with Crippen LogP contribution >= 0.6 is 35.0 Å². The molecule has 1 aliphatic heterocycles. The maximum Gasteiger partial charge on any atom is 0.261 e. The fourth-order valence-electron chi connectivity index (χ4n) is 5.25. The molecule has 1 N–H and O–H groups in total. The molecule has 1 amide bonds. The van der Waals surface area contributed by atoms with Crippen molar-refractivity contribution >= 4 is 52.2 Å². The smallest absolute Gasteiger partial charge is 0.261 e. The lowest BCUT2D eigenvalue weighted by atomic mass is 9.94. The Morgan fingerprint density at radius 3 is 2.65 bits per heavy atom. The number of carbonyl (C=O) groups is 1. The monoisotopic (exact) mass is 600 g/mol. The van der Waals surface area contributed by atoms with Crippen LogP contribution in [0.2, 0.25) is 10.0 Å². The predicted octanol–water partition coefficient (Wildman–Crippen LogP) is 7.51. The Hall–Kier alpha value is -3.14. The number of hydrogen-bond acceptors (Lipinski definition) is 6. The number of aromatic nitrogens is 2. The molecule has 0 unspecified atom stereocenters. The van der Waals surface area contributed by atoms with Gasteiger partial charge in [-0.3, -0.25) is 4.79 Å². The van der Waals surface area contributed by atoms with Gasteiger partial charge in [-0.25, -0.2) is 8.78 Å². The van der Waals surface area contributed by atoms with Gasteiger partial charge in [-0.05, 0) is 73.0 Å². The molecule has 1 fully saturated rings. The molecule has 2 heterocycles. The average molecular weight is 602 g/mol.